The van der Waals surface area contributed by atoms with Gasteiger partial charge in [-0.1, -0.05) is 37.1 Å². The van der Waals surface area contributed by atoms with Crippen LogP contribution in [0.1, 0.15) is 61.0 Å². The first-order chi connectivity index (χ1) is 17.1. The molecule has 7 nitrogen and oxygen atoms in total. The molecule has 1 unspecified atom stereocenters. The minimum atomic E-state index is -0.138. The molecule has 2 saturated heterocycles. The number of piperidine rings is 1. The van der Waals surface area contributed by atoms with Crippen LogP contribution in [0.4, 0.5) is 5.95 Å². The van der Waals surface area contributed by atoms with Crippen LogP contribution in [0.25, 0.3) is 11.0 Å². The molecule has 0 radical (unpaired) electrons. The van der Waals surface area contributed by atoms with E-state index in [2.05, 4.69) is 33.1 Å². The Hall–Kier alpha value is -2.90. The summed E-state index contributed by atoms with van der Waals surface area (Å²) in [5, 5.41) is 6.70. The van der Waals surface area contributed by atoms with Gasteiger partial charge >= 0.3 is 0 Å². The molecule has 0 saturated carbocycles. The van der Waals surface area contributed by atoms with Crippen molar-refractivity contribution in [2.24, 2.45) is 0 Å². The van der Waals surface area contributed by atoms with Gasteiger partial charge in [-0.3, -0.25) is 10.1 Å². The lowest BCUT2D eigenvalue weighted by Crippen LogP contribution is -2.38. The first-order valence-electron chi connectivity index (χ1n) is 13.1. The number of hydrogen-bond donors (Lipinski definition) is 2. The molecule has 2 fully saturated rings. The van der Waals surface area contributed by atoms with E-state index < -0.39 is 0 Å². The van der Waals surface area contributed by atoms with E-state index in [1.165, 1.54) is 0 Å². The fourth-order valence-electron chi connectivity index (χ4n) is 5.36. The fourth-order valence-corrected chi connectivity index (χ4v) is 5.36. The summed E-state index contributed by atoms with van der Waals surface area (Å²) >= 11 is 0. The Morgan fingerprint density at radius 2 is 1.97 bits per heavy atom. The molecule has 35 heavy (non-hydrogen) atoms. The summed E-state index contributed by atoms with van der Waals surface area (Å²) in [5.41, 5.74) is 3.54. The van der Waals surface area contributed by atoms with Crippen LogP contribution in [0, 0.1) is 6.92 Å². The van der Waals surface area contributed by atoms with Crippen molar-refractivity contribution >= 4 is 22.9 Å². The third kappa shape index (κ3) is 5.36. The minimum Gasteiger partial charge on any atom is -0.488 e. The molecule has 2 N–H and O–H groups in total. The SMILES string of the molecule is CCN1CCC(Oc2cccc3nc(NC(=O)c4cccc(C)c4)n(C4CCCCNC4)c23)CC1. The number of carbonyl (C=O) groups is 1. The molecule has 2 aromatic carbocycles. The molecule has 1 atom stereocenters. The highest BCUT2D eigenvalue weighted by Gasteiger charge is 2.26. The molecule has 5 rings (SSSR count). The number of likely N-dealkylation sites (tertiary alicyclic amines) is 1. The number of amides is 1. The number of nitrogens with one attached hydrogen (secondary N) is 2. The van der Waals surface area contributed by atoms with Crippen molar-refractivity contribution in [3.05, 3.63) is 53.6 Å². The van der Waals surface area contributed by atoms with Crippen molar-refractivity contribution < 1.29 is 9.53 Å². The minimum absolute atomic E-state index is 0.138. The van der Waals surface area contributed by atoms with Crippen molar-refractivity contribution in [2.45, 2.75) is 58.1 Å². The summed E-state index contributed by atoms with van der Waals surface area (Å²) in [7, 11) is 0. The Morgan fingerprint density at radius 1 is 1.14 bits per heavy atom. The van der Waals surface area contributed by atoms with E-state index in [0.717, 1.165) is 87.2 Å². The lowest BCUT2D eigenvalue weighted by Gasteiger charge is -2.31. The molecule has 0 bridgehead atoms. The van der Waals surface area contributed by atoms with Crippen molar-refractivity contribution in [1.29, 1.82) is 0 Å². The average molecular weight is 476 g/mol. The van der Waals surface area contributed by atoms with Gasteiger partial charge in [0.05, 0.1) is 5.52 Å². The van der Waals surface area contributed by atoms with Crippen LogP contribution >= 0.6 is 0 Å². The highest BCUT2D eigenvalue weighted by atomic mass is 16.5. The molecule has 1 amide bonds. The van der Waals surface area contributed by atoms with Crippen LogP contribution in [-0.4, -0.2) is 59.2 Å². The number of hydrogen-bond acceptors (Lipinski definition) is 5. The molecular formula is C28H37N5O2. The van der Waals surface area contributed by atoms with Gasteiger partial charge in [0.2, 0.25) is 5.95 Å². The lowest BCUT2D eigenvalue weighted by atomic mass is 10.1. The number of benzene rings is 2. The topological polar surface area (TPSA) is 71.4 Å². The van der Waals surface area contributed by atoms with Gasteiger partial charge < -0.3 is 19.5 Å². The smallest absolute Gasteiger partial charge is 0.257 e. The van der Waals surface area contributed by atoms with Crippen LogP contribution < -0.4 is 15.4 Å². The zero-order chi connectivity index (χ0) is 24.2. The summed E-state index contributed by atoms with van der Waals surface area (Å²) in [4.78, 5) is 20.6. The van der Waals surface area contributed by atoms with Gasteiger partial charge in [-0.05, 0) is 70.0 Å². The summed E-state index contributed by atoms with van der Waals surface area (Å²) < 4.78 is 8.84. The lowest BCUT2D eigenvalue weighted by molar-refractivity contribution is 0.102. The molecular weight excluding hydrogens is 438 g/mol. The second-order valence-electron chi connectivity index (χ2n) is 9.86. The maximum Gasteiger partial charge on any atom is 0.257 e. The number of imidazole rings is 1. The van der Waals surface area contributed by atoms with Crippen LogP contribution in [-0.2, 0) is 0 Å². The van der Waals surface area contributed by atoms with Gasteiger partial charge in [0, 0.05) is 31.2 Å². The molecule has 3 heterocycles. The third-order valence-corrected chi connectivity index (χ3v) is 7.34. The highest BCUT2D eigenvalue weighted by molar-refractivity contribution is 6.04. The Labute approximate surface area is 207 Å². The number of rotatable bonds is 6. The Balaban J connectivity index is 1.50. The second kappa shape index (κ2) is 10.8. The van der Waals surface area contributed by atoms with Crippen LogP contribution in [0.15, 0.2) is 42.5 Å². The van der Waals surface area contributed by atoms with Gasteiger partial charge in [-0.2, -0.15) is 0 Å². The van der Waals surface area contributed by atoms with E-state index in [1.54, 1.807) is 0 Å². The predicted molar refractivity (Wildman–Crippen MR) is 140 cm³/mol. The first kappa shape index (κ1) is 23.8. The normalized spacial score (nSPS) is 20.0. The summed E-state index contributed by atoms with van der Waals surface area (Å²) in [6.07, 6.45) is 5.59. The van der Waals surface area contributed by atoms with Crippen LogP contribution in [0.2, 0.25) is 0 Å². The molecule has 2 aliphatic heterocycles. The van der Waals surface area contributed by atoms with Gasteiger partial charge in [-0.15, -0.1) is 0 Å². The number of para-hydroxylation sites is 1. The van der Waals surface area contributed by atoms with Gasteiger partial charge in [0.1, 0.15) is 17.4 Å². The zero-order valence-corrected chi connectivity index (χ0v) is 20.9. The van der Waals surface area contributed by atoms with Gasteiger partial charge in [-0.25, -0.2) is 4.98 Å². The Morgan fingerprint density at radius 3 is 2.77 bits per heavy atom. The van der Waals surface area contributed by atoms with E-state index in [0.29, 0.717) is 11.5 Å². The van der Waals surface area contributed by atoms with E-state index in [1.807, 2.05) is 43.3 Å². The predicted octanol–water partition coefficient (Wildman–Crippen LogP) is 4.77. The van der Waals surface area contributed by atoms with E-state index >= 15 is 0 Å². The number of carbonyl (C=O) groups excluding carboxylic acids is 1. The zero-order valence-electron chi connectivity index (χ0n) is 20.9. The monoisotopic (exact) mass is 475 g/mol. The van der Waals surface area contributed by atoms with Crippen LogP contribution in [0.3, 0.4) is 0 Å². The molecule has 1 aromatic heterocycles. The van der Waals surface area contributed by atoms with Crippen molar-refractivity contribution in [1.82, 2.24) is 19.8 Å². The number of nitrogens with zero attached hydrogens (tertiary/aromatic N) is 3. The fraction of sp³-hybridized carbons (Fsp3) is 0.500. The number of aryl methyl sites for hydroxylation is 1. The Kier molecular flexibility index (Phi) is 7.35. The maximum absolute atomic E-state index is 13.2. The Bertz CT molecular complexity index is 1160. The second-order valence-corrected chi connectivity index (χ2v) is 9.86. The molecule has 7 heteroatoms. The number of anilines is 1. The molecule has 2 aliphatic rings. The molecule has 0 spiro atoms. The largest absolute Gasteiger partial charge is 0.488 e. The van der Waals surface area contributed by atoms with Crippen LogP contribution in [0.5, 0.6) is 5.75 Å². The maximum atomic E-state index is 13.2. The summed E-state index contributed by atoms with van der Waals surface area (Å²) in [5.74, 6) is 1.32. The van der Waals surface area contributed by atoms with Crippen molar-refractivity contribution in [3.8, 4) is 5.75 Å². The standard InChI is InChI=1S/C28H37N5O2/c1-3-32-16-13-23(14-17-32)35-25-12-7-11-24-26(25)33(22-10-4-5-15-29-19-22)28(30-24)31-27(34)21-9-6-8-20(2)18-21/h6-9,11-12,18,22-23,29H,3-5,10,13-17,19H2,1-2H3,(H,30,31,34). The average Bonchev–Trinajstić information content (AvgIpc) is 3.03. The van der Waals surface area contributed by atoms with E-state index in [-0.39, 0.29) is 18.1 Å². The third-order valence-electron chi connectivity index (χ3n) is 7.34. The summed E-state index contributed by atoms with van der Waals surface area (Å²) in [6.45, 7) is 9.32. The van der Waals surface area contributed by atoms with Crippen molar-refractivity contribution in [3.63, 3.8) is 0 Å². The van der Waals surface area contributed by atoms with E-state index in [9.17, 15) is 4.79 Å². The van der Waals surface area contributed by atoms with Gasteiger partial charge in [0.25, 0.3) is 5.91 Å². The highest BCUT2D eigenvalue weighted by Crippen LogP contribution is 2.35. The van der Waals surface area contributed by atoms with E-state index in [4.69, 9.17) is 9.72 Å². The number of ether oxygens (including phenoxy) is 1. The number of aromatic nitrogens is 2. The van der Waals surface area contributed by atoms with Crippen molar-refractivity contribution in [2.75, 3.05) is 38.0 Å². The van der Waals surface area contributed by atoms with Gasteiger partial charge in [0.15, 0.2) is 0 Å². The quantitative estimate of drug-likeness (QED) is 0.537. The molecule has 3 aromatic rings. The molecule has 0 aliphatic carbocycles. The summed E-state index contributed by atoms with van der Waals surface area (Å²) in [6, 6.07) is 14.0. The number of fused-ring (bicyclic) bond motifs is 1. The molecule has 186 valence electrons. The first-order valence-corrected chi connectivity index (χ1v) is 13.1.